The third kappa shape index (κ3) is 3.44. The van der Waals surface area contributed by atoms with Crippen molar-refractivity contribution in [3.8, 4) is 5.75 Å². The number of carbonyl (C=O) groups excluding carboxylic acids is 1. The summed E-state index contributed by atoms with van der Waals surface area (Å²) in [6.45, 7) is 2.69. The van der Waals surface area contributed by atoms with Gasteiger partial charge in [0.1, 0.15) is 5.75 Å². The van der Waals surface area contributed by atoms with E-state index >= 15 is 0 Å². The molecule has 0 bridgehead atoms. The van der Waals surface area contributed by atoms with Crippen molar-refractivity contribution in [1.82, 2.24) is 0 Å². The molecule has 1 heterocycles. The molecule has 1 amide bonds. The number of fused-ring (bicyclic) bond motifs is 1. The first-order valence-electron chi connectivity index (χ1n) is 7.04. The molecule has 0 radical (unpaired) electrons. The Labute approximate surface area is 128 Å². The Morgan fingerprint density at radius 1 is 1.27 bits per heavy atom. The fourth-order valence-electron chi connectivity index (χ4n) is 2.20. The Morgan fingerprint density at radius 2 is 2.09 bits per heavy atom. The lowest BCUT2D eigenvalue weighted by molar-refractivity contribution is 0.167. The molecule has 0 aliphatic carbocycles. The van der Waals surface area contributed by atoms with E-state index in [0.29, 0.717) is 12.3 Å². The molecular weight excluding hydrogens is 280 g/mol. The lowest BCUT2D eigenvalue weighted by Gasteiger charge is -2.03. The summed E-state index contributed by atoms with van der Waals surface area (Å²) in [7, 11) is 0. The largest absolute Gasteiger partial charge is 0.493 e. The van der Waals surface area contributed by atoms with Crippen molar-refractivity contribution in [3.05, 3.63) is 59.2 Å². The zero-order valence-electron chi connectivity index (χ0n) is 12.2. The van der Waals surface area contributed by atoms with Crippen molar-refractivity contribution in [1.29, 1.82) is 0 Å². The van der Waals surface area contributed by atoms with Gasteiger partial charge in [-0.25, -0.2) is 4.79 Å². The van der Waals surface area contributed by atoms with E-state index < -0.39 is 6.09 Å². The number of nitrogens with one attached hydrogen (secondary N) is 1. The molecule has 1 aliphatic heterocycles. The van der Waals surface area contributed by atoms with Gasteiger partial charge in [-0.05, 0) is 48.4 Å². The van der Waals surface area contributed by atoms with Gasteiger partial charge in [-0.1, -0.05) is 22.9 Å². The molecular formula is C17H16N2O3. The highest BCUT2D eigenvalue weighted by molar-refractivity contribution is 5.86. The molecule has 0 saturated heterocycles. The number of oxime groups is 1. The molecule has 0 unspecified atom stereocenters. The van der Waals surface area contributed by atoms with Gasteiger partial charge >= 0.3 is 6.09 Å². The van der Waals surface area contributed by atoms with E-state index in [-0.39, 0.29) is 0 Å². The van der Waals surface area contributed by atoms with Crippen LogP contribution in [0.3, 0.4) is 0 Å². The minimum absolute atomic E-state index is 0.621. The van der Waals surface area contributed by atoms with Crippen molar-refractivity contribution in [2.24, 2.45) is 5.16 Å². The van der Waals surface area contributed by atoms with Crippen LogP contribution in [-0.2, 0) is 11.3 Å². The number of ether oxygens (including phenoxy) is 1. The summed E-state index contributed by atoms with van der Waals surface area (Å²) in [6.07, 6.45) is 1.78. The van der Waals surface area contributed by atoms with Crippen molar-refractivity contribution < 1.29 is 14.4 Å². The number of hydrogen-bond acceptors (Lipinski definition) is 4. The maximum Gasteiger partial charge on any atom is 0.437 e. The van der Waals surface area contributed by atoms with Crippen molar-refractivity contribution >= 4 is 18.0 Å². The first kappa shape index (κ1) is 14.1. The number of amides is 1. The van der Waals surface area contributed by atoms with E-state index in [2.05, 4.69) is 10.5 Å². The summed E-state index contributed by atoms with van der Waals surface area (Å²) >= 11 is 0. The molecule has 5 nitrogen and oxygen atoms in total. The average Bonchev–Trinajstić information content (AvgIpc) is 2.97. The second-order valence-corrected chi connectivity index (χ2v) is 5.07. The number of hydrogen-bond donors (Lipinski definition) is 1. The highest BCUT2D eigenvalue weighted by Crippen LogP contribution is 2.25. The Kier molecular flexibility index (Phi) is 4.05. The van der Waals surface area contributed by atoms with Crippen LogP contribution in [0, 0.1) is 6.92 Å². The molecule has 0 atom stereocenters. The zero-order valence-corrected chi connectivity index (χ0v) is 12.2. The van der Waals surface area contributed by atoms with E-state index in [9.17, 15) is 4.79 Å². The number of carbonyl (C=O) groups is 1. The summed E-state index contributed by atoms with van der Waals surface area (Å²) in [4.78, 5) is 16.4. The third-order valence-corrected chi connectivity index (χ3v) is 3.35. The van der Waals surface area contributed by atoms with E-state index in [0.717, 1.165) is 28.9 Å². The van der Waals surface area contributed by atoms with Gasteiger partial charge in [-0.3, -0.25) is 10.2 Å². The van der Waals surface area contributed by atoms with Gasteiger partial charge in [0, 0.05) is 12.1 Å². The van der Waals surface area contributed by atoms with Gasteiger partial charge in [-0.2, -0.15) is 0 Å². The number of nitrogens with zero attached hydrogens (tertiary/aromatic N) is 1. The highest BCUT2D eigenvalue weighted by atomic mass is 16.7. The minimum Gasteiger partial charge on any atom is -0.493 e. The Hall–Kier alpha value is -2.82. The van der Waals surface area contributed by atoms with Crippen LogP contribution in [0.5, 0.6) is 5.75 Å². The Balaban J connectivity index is 1.55. The summed E-state index contributed by atoms with van der Waals surface area (Å²) in [5, 5.41) is 6.31. The molecule has 0 fully saturated rings. The van der Waals surface area contributed by atoms with Crippen LogP contribution in [-0.4, -0.2) is 18.9 Å². The van der Waals surface area contributed by atoms with Gasteiger partial charge in [0.15, 0.2) is 0 Å². The van der Waals surface area contributed by atoms with E-state index in [1.165, 1.54) is 6.21 Å². The molecule has 2 aromatic carbocycles. The molecule has 2 aromatic rings. The lowest BCUT2D eigenvalue weighted by atomic mass is 10.1. The standard InChI is InChI=1S/C17H16N2O3/c1-12-2-5-15(6-3-12)19-17(20)22-18-11-13-4-7-16-14(10-13)8-9-21-16/h2-7,10-11H,8-9H2,1H3,(H,19,20)/b18-11-. The van der Waals surface area contributed by atoms with Gasteiger partial charge in [0.2, 0.25) is 0 Å². The maximum absolute atomic E-state index is 11.6. The number of rotatable bonds is 3. The van der Waals surface area contributed by atoms with Gasteiger partial charge in [0.25, 0.3) is 0 Å². The van der Waals surface area contributed by atoms with Gasteiger partial charge in [-0.15, -0.1) is 0 Å². The summed E-state index contributed by atoms with van der Waals surface area (Å²) in [6, 6.07) is 13.2. The molecule has 0 spiro atoms. The first-order valence-corrected chi connectivity index (χ1v) is 7.04. The Morgan fingerprint density at radius 3 is 2.91 bits per heavy atom. The summed E-state index contributed by atoms with van der Waals surface area (Å²) in [5.74, 6) is 0.912. The molecule has 0 saturated carbocycles. The van der Waals surface area contributed by atoms with Crippen molar-refractivity contribution in [2.45, 2.75) is 13.3 Å². The normalized spacial score (nSPS) is 12.8. The van der Waals surface area contributed by atoms with Crippen molar-refractivity contribution in [2.75, 3.05) is 11.9 Å². The third-order valence-electron chi connectivity index (χ3n) is 3.35. The maximum atomic E-state index is 11.6. The Bertz CT molecular complexity index is 708. The van der Waals surface area contributed by atoms with E-state index in [1.807, 2.05) is 37.3 Å². The number of anilines is 1. The number of aryl methyl sites for hydroxylation is 1. The monoisotopic (exact) mass is 296 g/mol. The molecule has 0 aromatic heterocycles. The molecule has 1 N–H and O–H groups in total. The van der Waals surface area contributed by atoms with Crippen LogP contribution in [0.25, 0.3) is 0 Å². The minimum atomic E-state index is -0.621. The fourth-order valence-corrected chi connectivity index (χ4v) is 2.20. The molecule has 5 heteroatoms. The van der Waals surface area contributed by atoms with Crippen LogP contribution in [0.1, 0.15) is 16.7 Å². The van der Waals surface area contributed by atoms with Crippen LogP contribution < -0.4 is 10.1 Å². The lowest BCUT2D eigenvalue weighted by Crippen LogP contribution is -2.10. The van der Waals surface area contributed by atoms with Gasteiger partial charge in [0.05, 0.1) is 12.8 Å². The predicted octanol–water partition coefficient (Wildman–Crippen LogP) is 3.51. The highest BCUT2D eigenvalue weighted by Gasteiger charge is 2.11. The summed E-state index contributed by atoms with van der Waals surface area (Å²) in [5.41, 5.74) is 3.80. The summed E-state index contributed by atoms with van der Waals surface area (Å²) < 4.78 is 5.43. The van der Waals surface area contributed by atoms with Crippen LogP contribution in [0.15, 0.2) is 47.6 Å². The number of benzene rings is 2. The fraction of sp³-hybridized carbons (Fsp3) is 0.176. The van der Waals surface area contributed by atoms with E-state index in [4.69, 9.17) is 9.57 Å². The second kappa shape index (κ2) is 6.30. The molecule has 3 rings (SSSR count). The topological polar surface area (TPSA) is 59.9 Å². The SMILES string of the molecule is Cc1ccc(NC(=O)O/N=C\c2ccc3c(c2)CCO3)cc1. The van der Waals surface area contributed by atoms with E-state index in [1.54, 1.807) is 12.1 Å². The first-order chi connectivity index (χ1) is 10.7. The van der Waals surface area contributed by atoms with Gasteiger partial charge < -0.3 is 4.74 Å². The smallest absolute Gasteiger partial charge is 0.437 e. The van der Waals surface area contributed by atoms with Crippen LogP contribution in [0.4, 0.5) is 10.5 Å². The molecule has 112 valence electrons. The molecule has 1 aliphatic rings. The van der Waals surface area contributed by atoms with Crippen LogP contribution >= 0.6 is 0 Å². The predicted molar refractivity (Wildman–Crippen MR) is 84.5 cm³/mol. The van der Waals surface area contributed by atoms with Crippen molar-refractivity contribution in [3.63, 3.8) is 0 Å². The second-order valence-electron chi connectivity index (χ2n) is 5.07. The van der Waals surface area contributed by atoms with Crippen LogP contribution in [0.2, 0.25) is 0 Å². The quantitative estimate of drug-likeness (QED) is 0.535. The zero-order chi connectivity index (χ0) is 15.4. The molecule has 22 heavy (non-hydrogen) atoms. The average molecular weight is 296 g/mol.